The maximum absolute atomic E-state index is 11.2. The second-order valence-electron chi connectivity index (χ2n) is 3.99. The van der Waals surface area contributed by atoms with E-state index in [4.69, 9.17) is 0 Å². The van der Waals surface area contributed by atoms with Gasteiger partial charge in [0.2, 0.25) is 0 Å². The Morgan fingerprint density at radius 2 is 2.09 bits per heavy atom. The summed E-state index contributed by atoms with van der Waals surface area (Å²) >= 11 is 0. The molecule has 1 rings (SSSR count). The molecule has 64 valence electrons. The summed E-state index contributed by atoms with van der Waals surface area (Å²) < 4.78 is 0. The van der Waals surface area contributed by atoms with Gasteiger partial charge < -0.3 is 0 Å². The van der Waals surface area contributed by atoms with E-state index < -0.39 is 0 Å². The predicted octanol–water partition coefficient (Wildman–Crippen LogP) is 2.79. The third-order valence-electron chi connectivity index (χ3n) is 2.71. The Labute approximate surface area is 69.2 Å². The van der Waals surface area contributed by atoms with E-state index in [9.17, 15) is 4.79 Å². The fraction of sp³-hybridized carbons (Fsp3) is 0.900. The van der Waals surface area contributed by atoms with Crippen LogP contribution in [0.2, 0.25) is 0 Å². The van der Waals surface area contributed by atoms with E-state index in [1.807, 2.05) is 0 Å². The summed E-state index contributed by atoms with van der Waals surface area (Å²) in [5.41, 5.74) is 0. The van der Waals surface area contributed by atoms with Gasteiger partial charge in [-0.3, -0.25) is 4.79 Å². The van der Waals surface area contributed by atoms with Gasteiger partial charge in [0, 0.05) is 12.8 Å². The molecule has 1 nitrogen and oxygen atoms in total. The first-order chi connectivity index (χ1) is 5.20. The molecule has 0 aromatic heterocycles. The topological polar surface area (TPSA) is 17.1 Å². The summed E-state index contributed by atoms with van der Waals surface area (Å²) in [6, 6.07) is 0. The SMILES string of the molecule is CC(C)[C@H]1CCCCC(=O)C1. The molecule has 1 heteroatoms. The zero-order valence-corrected chi connectivity index (χ0v) is 7.60. The Kier molecular flexibility index (Phi) is 3.10. The molecule has 0 amide bonds. The highest BCUT2D eigenvalue weighted by molar-refractivity contribution is 5.78. The van der Waals surface area contributed by atoms with Gasteiger partial charge in [-0.2, -0.15) is 0 Å². The van der Waals surface area contributed by atoms with Crippen LogP contribution in [0.1, 0.15) is 46.0 Å². The smallest absolute Gasteiger partial charge is 0.133 e. The Balaban J connectivity index is 2.45. The minimum atomic E-state index is 0.487. The molecule has 1 atom stereocenters. The highest BCUT2D eigenvalue weighted by atomic mass is 16.1. The monoisotopic (exact) mass is 154 g/mol. The van der Waals surface area contributed by atoms with Crippen molar-refractivity contribution in [1.82, 2.24) is 0 Å². The lowest BCUT2D eigenvalue weighted by Crippen LogP contribution is -2.11. The first-order valence-corrected chi connectivity index (χ1v) is 4.72. The number of carbonyl (C=O) groups excluding carboxylic acids is 1. The molecule has 1 saturated carbocycles. The highest BCUT2D eigenvalue weighted by Crippen LogP contribution is 2.26. The van der Waals surface area contributed by atoms with Crippen LogP contribution in [0.5, 0.6) is 0 Å². The summed E-state index contributed by atoms with van der Waals surface area (Å²) in [5.74, 6) is 1.85. The van der Waals surface area contributed by atoms with Crippen LogP contribution in [-0.2, 0) is 4.79 Å². The number of hydrogen-bond donors (Lipinski definition) is 0. The van der Waals surface area contributed by atoms with E-state index in [0.29, 0.717) is 17.6 Å². The molecule has 0 heterocycles. The van der Waals surface area contributed by atoms with Crippen molar-refractivity contribution in [3.05, 3.63) is 0 Å². The van der Waals surface area contributed by atoms with Crippen molar-refractivity contribution >= 4 is 5.78 Å². The summed E-state index contributed by atoms with van der Waals surface area (Å²) in [5, 5.41) is 0. The van der Waals surface area contributed by atoms with Crippen LogP contribution in [0.15, 0.2) is 0 Å². The Hall–Kier alpha value is -0.330. The minimum absolute atomic E-state index is 0.487. The van der Waals surface area contributed by atoms with Crippen molar-refractivity contribution in [1.29, 1.82) is 0 Å². The van der Waals surface area contributed by atoms with Crippen LogP contribution in [0.25, 0.3) is 0 Å². The fourth-order valence-electron chi connectivity index (χ4n) is 1.79. The summed E-state index contributed by atoms with van der Waals surface area (Å²) in [4.78, 5) is 11.2. The van der Waals surface area contributed by atoms with E-state index >= 15 is 0 Å². The normalized spacial score (nSPS) is 27.2. The molecule has 0 aliphatic heterocycles. The van der Waals surface area contributed by atoms with Gasteiger partial charge in [0.05, 0.1) is 0 Å². The lowest BCUT2D eigenvalue weighted by atomic mass is 9.89. The third-order valence-corrected chi connectivity index (χ3v) is 2.71. The lowest BCUT2D eigenvalue weighted by Gasteiger charge is -2.16. The fourth-order valence-corrected chi connectivity index (χ4v) is 1.79. The molecular formula is C10H18O. The molecule has 1 aliphatic carbocycles. The summed E-state index contributed by atoms with van der Waals surface area (Å²) in [6.45, 7) is 4.45. The van der Waals surface area contributed by atoms with Crippen LogP contribution in [0.4, 0.5) is 0 Å². The van der Waals surface area contributed by atoms with E-state index in [2.05, 4.69) is 13.8 Å². The van der Waals surface area contributed by atoms with Crippen LogP contribution in [-0.4, -0.2) is 5.78 Å². The molecule has 0 saturated heterocycles. The molecule has 0 bridgehead atoms. The molecule has 0 radical (unpaired) electrons. The second kappa shape index (κ2) is 3.89. The van der Waals surface area contributed by atoms with Crippen molar-refractivity contribution in [2.75, 3.05) is 0 Å². The van der Waals surface area contributed by atoms with Gasteiger partial charge in [-0.25, -0.2) is 0 Å². The van der Waals surface area contributed by atoms with Crippen molar-refractivity contribution in [2.45, 2.75) is 46.0 Å². The third kappa shape index (κ3) is 2.64. The maximum Gasteiger partial charge on any atom is 0.133 e. The van der Waals surface area contributed by atoms with Gasteiger partial charge in [0.25, 0.3) is 0 Å². The van der Waals surface area contributed by atoms with Gasteiger partial charge in [-0.1, -0.05) is 20.3 Å². The van der Waals surface area contributed by atoms with Gasteiger partial charge in [0.15, 0.2) is 0 Å². The van der Waals surface area contributed by atoms with E-state index in [-0.39, 0.29) is 0 Å². The zero-order chi connectivity index (χ0) is 8.27. The quantitative estimate of drug-likeness (QED) is 0.531. The van der Waals surface area contributed by atoms with Crippen molar-refractivity contribution in [2.24, 2.45) is 11.8 Å². The molecule has 0 aromatic carbocycles. The number of rotatable bonds is 1. The molecule has 1 aliphatic rings. The second-order valence-corrected chi connectivity index (χ2v) is 3.99. The molecule has 0 unspecified atom stereocenters. The number of hydrogen-bond acceptors (Lipinski definition) is 1. The largest absolute Gasteiger partial charge is 0.300 e. The summed E-state index contributed by atoms with van der Waals surface area (Å²) in [6.07, 6.45) is 5.33. The van der Waals surface area contributed by atoms with Crippen LogP contribution in [0, 0.1) is 11.8 Å². The Morgan fingerprint density at radius 3 is 2.73 bits per heavy atom. The average Bonchev–Trinajstić information content (AvgIpc) is 2.13. The standard InChI is InChI=1S/C10H18O/c1-8(2)9-5-3-4-6-10(11)7-9/h8-9H,3-7H2,1-2H3/t9-/m0/s1. The first-order valence-electron chi connectivity index (χ1n) is 4.72. The number of Topliss-reactive ketones (excluding diaryl/α,β-unsaturated/α-hetero) is 1. The molecule has 0 N–H and O–H groups in total. The van der Waals surface area contributed by atoms with E-state index in [0.717, 1.165) is 19.3 Å². The maximum atomic E-state index is 11.2. The zero-order valence-electron chi connectivity index (χ0n) is 7.60. The lowest BCUT2D eigenvalue weighted by molar-refractivity contribution is -0.119. The average molecular weight is 154 g/mol. The van der Waals surface area contributed by atoms with Crippen molar-refractivity contribution < 1.29 is 4.79 Å². The number of ketones is 1. The van der Waals surface area contributed by atoms with Gasteiger partial charge in [-0.05, 0) is 24.7 Å². The molecule has 0 spiro atoms. The molecule has 0 aromatic rings. The van der Waals surface area contributed by atoms with Gasteiger partial charge in [-0.15, -0.1) is 0 Å². The molecule has 1 fully saturated rings. The van der Waals surface area contributed by atoms with Crippen LogP contribution < -0.4 is 0 Å². The first kappa shape index (κ1) is 8.76. The molecule has 11 heavy (non-hydrogen) atoms. The van der Waals surface area contributed by atoms with Gasteiger partial charge >= 0.3 is 0 Å². The van der Waals surface area contributed by atoms with Crippen molar-refractivity contribution in [3.63, 3.8) is 0 Å². The van der Waals surface area contributed by atoms with Crippen LogP contribution in [0.3, 0.4) is 0 Å². The molecular weight excluding hydrogens is 136 g/mol. The van der Waals surface area contributed by atoms with E-state index in [1.54, 1.807) is 0 Å². The van der Waals surface area contributed by atoms with Crippen LogP contribution >= 0.6 is 0 Å². The predicted molar refractivity (Wildman–Crippen MR) is 46.4 cm³/mol. The number of carbonyl (C=O) groups is 1. The highest BCUT2D eigenvalue weighted by Gasteiger charge is 2.19. The minimum Gasteiger partial charge on any atom is -0.300 e. The van der Waals surface area contributed by atoms with Gasteiger partial charge in [0.1, 0.15) is 5.78 Å². The van der Waals surface area contributed by atoms with Crippen molar-refractivity contribution in [3.8, 4) is 0 Å². The summed E-state index contributed by atoms with van der Waals surface area (Å²) in [7, 11) is 0. The van der Waals surface area contributed by atoms with E-state index in [1.165, 1.54) is 12.8 Å². The Morgan fingerprint density at radius 1 is 1.36 bits per heavy atom. The Bertz CT molecular complexity index is 138.